The summed E-state index contributed by atoms with van der Waals surface area (Å²) < 4.78 is 1.42. The molecule has 1 nitrogen and oxygen atoms in total. The van der Waals surface area contributed by atoms with E-state index in [9.17, 15) is 0 Å². The minimum absolute atomic E-state index is 0.816. The van der Waals surface area contributed by atoms with Gasteiger partial charge in [0, 0.05) is 22.9 Å². The van der Waals surface area contributed by atoms with E-state index in [1.54, 1.807) is 0 Å². The normalized spacial score (nSPS) is 15.9. The first-order valence-corrected chi connectivity index (χ1v) is 9.24. The van der Waals surface area contributed by atoms with E-state index in [1.807, 2.05) is 29.2 Å². The van der Waals surface area contributed by atoms with Crippen molar-refractivity contribution >= 4 is 40.3 Å². The van der Waals surface area contributed by atoms with Gasteiger partial charge >= 0.3 is 0 Å². The van der Waals surface area contributed by atoms with Crippen LogP contribution in [0.25, 0.3) is 5.57 Å². The number of hydrogen-bond donors (Lipinski definition) is 0. The summed E-state index contributed by atoms with van der Waals surface area (Å²) >= 11 is 10.0. The third kappa shape index (κ3) is 3.37. The van der Waals surface area contributed by atoms with Crippen molar-refractivity contribution in [1.29, 1.82) is 0 Å². The highest BCUT2D eigenvalue weighted by Gasteiger charge is 2.19. The summed E-state index contributed by atoms with van der Waals surface area (Å²) in [5.41, 5.74) is 5.38. The third-order valence-corrected chi connectivity index (χ3v) is 6.09. The summed E-state index contributed by atoms with van der Waals surface area (Å²) in [5.74, 6) is 1.02. The topological polar surface area (TPSA) is 3.24 Å². The van der Waals surface area contributed by atoms with Gasteiger partial charge in [-0.3, -0.25) is 0 Å². The Morgan fingerprint density at radius 1 is 1.24 bits per heavy atom. The zero-order valence-electron chi connectivity index (χ0n) is 12.2. The molecular weight excluding hydrogens is 318 g/mol. The molecule has 0 bridgehead atoms. The zero-order valence-corrected chi connectivity index (χ0v) is 14.6. The zero-order chi connectivity index (χ0) is 14.8. The van der Waals surface area contributed by atoms with Crippen LogP contribution in [0, 0.1) is 0 Å². The highest BCUT2D eigenvalue weighted by molar-refractivity contribution is 8.00. The van der Waals surface area contributed by atoms with Gasteiger partial charge in [0.05, 0.1) is 4.21 Å². The fourth-order valence-electron chi connectivity index (χ4n) is 2.51. The maximum atomic E-state index is 6.24. The van der Waals surface area contributed by atoms with E-state index in [0.29, 0.717) is 0 Å². The average molecular weight is 336 g/mol. The Hall–Kier alpha value is -0.740. The van der Waals surface area contributed by atoms with E-state index in [2.05, 4.69) is 48.7 Å². The largest absolute Gasteiger partial charge is 0.309 e. The van der Waals surface area contributed by atoms with Gasteiger partial charge in [-0.15, -0.1) is 23.1 Å². The maximum Gasteiger partial charge on any atom is 0.0680 e. The summed E-state index contributed by atoms with van der Waals surface area (Å²) in [6, 6.07) is 8.52. The third-order valence-electron chi connectivity index (χ3n) is 3.57. The lowest BCUT2D eigenvalue weighted by Gasteiger charge is -2.12. The number of rotatable bonds is 3. The van der Waals surface area contributed by atoms with Crippen LogP contribution in [0.1, 0.15) is 23.1 Å². The molecule has 3 rings (SSSR count). The molecule has 1 aliphatic rings. The predicted octanol–water partition coefficient (Wildman–Crippen LogP) is 5.39. The number of thiophene rings is 1. The minimum Gasteiger partial charge on any atom is -0.309 e. The molecule has 0 unspecified atom stereocenters. The van der Waals surface area contributed by atoms with Gasteiger partial charge in [0.2, 0.25) is 0 Å². The van der Waals surface area contributed by atoms with Crippen LogP contribution in [0.2, 0.25) is 5.02 Å². The first-order valence-electron chi connectivity index (χ1n) is 6.99. The van der Waals surface area contributed by atoms with Crippen molar-refractivity contribution in [2.24, 2.45) is 0 Å². The lowest BCUT2D eigenvalue weighted by Crippen LogP contribution is -2.12. The second-order valence-corrected chi connectivity index (χ2v) is 8.02. The molecule has 110 valence electrons. The standard InChI is InChI=1S/C17H18ClNS2/c1-19(2)8-3-4-14-15-7-9-20-17(15)21-11-12-5-6-13(18)10-16(12)14/h4-7,9-10H,3,8,11H2,1-2H3/b14-4-. The van der Waals surface area contributed by atoms with Gasteiger partial charge in [-0.25, -0.2) is 0 Å². The van der Waals surface area contributed by atoms with Crippen molar-refractivity contribution in [3.63, 3.8) is 0 Å². The molecule has 0 amide bonds. The Bertz CT molecular complexity index is 673. The maximum absolute atomic E-state index is 6.24. The molecule has 2 heterocycles. The molecule has 21 heavy (non-hydrogen) atoms. The molecule has 4 heteroatoms. The number of nitrogens with zero attached hydrogens (tertiary/aromatic N) is 1. The average Bonchev–Trinajstić information content (AvgIpc) is 2.85. The molecular formula is C17H18ClNS2. The Kier molecular flexibility index (Phi) is 4.75. The van der Waals surface area contributed by atoms with Crippen LogP contribution in [0.15, 0.2) is 39.9 Å². The number of thioether (sulfide) groups is 1. The van der Waals surface area contributed by atoms with Gasteiger partial charge in [-0.1, -0.05) is 23.7 Å². The molecule has 1 aromatic heterocycles. The van der Waals surface area contributed by atoms with Crippen molar-refractivity contribution in [1.82, 2.24) is 4.90 Å². The first kappa shape index (κ1) is 15.2. The van der Waals surface area contributed by atoms with E-state index in [1.165, 1.54) is 26.5 Å². The Labute approximate surface area is 139 Å². The molecule has 2 aromatic rings. The molecule has 0 atom stereocenters. The van der Waals surface area contributed by atoms with Crippen LogP contribution in [0.3, 0.4) is 0 Å². The van der Waals surface area contributed by atoms with Crippen molar-refractivity contribution < 1.29 is 0 Å². The Morgan fingerprint density at radius 2 is 2.10 bits per heavy atom. The van der Waals surface area contributed by atoms with Crippen LogP contribution in [-0.2, 0) is 5.75 Å². The van der Waals surface area contributed by atoms with Gasteiger partial charge in [-0.2, -0.15) is 0 Å². The summed E-state index contributed by atoms with van der Waals surface area (Å²) in [4.78, 5) is 2.22. The van der Waals surface area contributed by atoms with Crippen molar-refractivity contribution in [3.05, 3.63) is 57.4 Å². The Balaban J connectivity index is 2.06. The number of halogens is 1. The molecule has 0 saturated heterocycles. The van der Waals surface area contributed by atoms with E-state index >= 15 is 0 Å². The summed E-state index contributed by atoms with van der Waals surface area (Å²) in [7, 11) is 4.23. The smallest absolute Gasteiger partial charge is 0.0680 e. The highest BCUT2D eigenvalue weighted by Crippen LogP contribution is 2.43. The predicted molar refractivity (Wildman–Crippen MR) is 95.6 cm³/mol. The van der Waals surface area contributed by atoms with Gasteiger partial charge in [0.25, 0.3) is 0 Å². The molecule has 0 saturated carbocycles. The summed E-state index contributed by atoms with van der Waals surface area (Å²) in [6.07, 6.45) is 3.42. The number of hydrogen-bond acceptors (Lipinski definition) is 3. The lowest BCUT2D eigenvalue weighted by molar-refractivity contribution is 0.417. The fourth-order valence-corrected chi connectivity index (χ4v) is 4.80. The molecule has 1 aromatic carbocycles. The monoisotopic (exact) mass is 335 g/mol. The first-order chi connectivity index (χ1) is 10.1. The molecule has 0 spiro atoms. The molecule has 0 fully saturated rings. The highest BCUT2D eigenvalue weighted by atomic mass is 35.5. The molecule has 0 aliphatic carbocycles. The number of benzene rings is 1. The summed E-state index contributed by atoms with van der Waals surface area (Å²) in [6.45, 7) is 1.06. The van der Waals surface area contributed by atoms with Gasteiger partial charge < -0.3 is 4.90 Å². The van der Waals surface area contributed by atoms with Crippen LogP contribution >= 0.6 is 34.7 Å². The number of fused-ring (bicyclic) bond motifs is 2. The molecule has 0 N–H and O–H groups in total. The molecule has 0 radical (unpaired) electrons. The van der Waals surface area contributed by atoms with Crippen LogP contribution < -0.4 is 0 Å². The molecule has 1 aliphatic heterocycles. The van der Waals surface area contributed by atoms with E-state index in [0.717, 1.165) is 23.7 Å². The second-order valence-electron chi connectivity index (χ2n) is 5.42. The summed E-state index contributed by atoms with van der Waals surface area (Å²) in [5, 5.41) is 3.00. The van der Waals surface area contributed by atoms with E-state index in [4.69, 9.17) is 11.6 Å². The lowest BCUT2D eigenvalue weighted by atomic mass is 9.95. The quantitative estimate of drug-likeness (QED) is 0.739. The van der Waals surface area contributed by atoms with Crippen LogP contribution in [0.5, 0.6) is 0 Å². The van der Waals surface area contributed by atoms with Crippen molar-refractivity contribution in [3.8, 4) is 0 Å². The second kappa shape index (κ2) is 6.57. The SMILES string of the molecule is CN(C)CC/C=C1\c2cc(Cl)ccc2CSc2sccc21. The van der Waals surface area contributed by atoms with Crippen molar-refractivity contribution in [2.75, 3.05) is 20.6 Å². The Morgan fingerprint density at radius 3 is 2.90 bits per heavy atom. The van der Waals surface area contributed by atoms with Gasteiger partial charge in [-0.05, 0) is 60.8 Å². The van der Waals surface area contributed by atoms with E-state index < -0.39 is 0 Å². The van der Waals surface area contributed by atoms with Crippen molar-refractivity contribution in [2.45, 2.75) is 16.4 Å². The fraction of sp³-hybridized carbons (Fsp3) is 0.294. The van der Waals surface area contributed by atoms with Gasteiger partial charge in [0.15, 0.2) is 0 Å². The van der Waals surface area contributed by atoms with Crippen LogP contribution in [0.4, 0.5) is 0 Å². The minimum atomic E-state index is 0.816. The van der Waals surface area contributed by atoms with Crippen LogP contribution in [-0.4, -0.2) is 25.5 Å². The van der Waals surface area contributed by atoms with Gasteiger partial charge in [0.1, 0.15) is 0 Å². The van der Waals surface area contributed by atoms with E-state index in [-0.39, 0.29) is 0 Å².